The molecule has 0 amide bonds. The highest BCUT2D eigenvalue weighted by Crippen LogP contribution is 2.22. The van der Waals surface area contributed by atoms with Gasteiger partial charge in [-0.15, -0.1) is 11.8 Å². The molecule has 0 fully saturated rings. The van der Waals surface area contributed by atoms with Crippen molar-refractivity contribution < 1.29 is 8.81 Å². The summed E-state index contributed by atoms with van der Waals surface area (Å²) in [5.41, 5.74) is 0.756. The summed E-state index contributed by atoms with van der Waals surface area (Å²) in [5, 5.41) is 3.10. The van der Waals surface area contributed by atoms with Gasteiger partial charge in [-0.3, -0.25) is 0 Å². The summed E-state index contributed by atoms with van der Waals surface area (Å²) < 4.78 is 18.6. The van der Waals surface area contributed by atoms with Crippen LogP contribution < -0.4 is 5.32 Å². The minimum atomic E-state index is -0.197. The molecule has 2 nitrogen and oxygen atoms in total. The maximum atomic E-state index is 13.4. The highest BCUT2D eigenvalue weighted by atomic mass is 32.2. The first-order valence-electron chi connectivity index (χ1n) is 4.89. The van der Waals surface area contributed by atoms with E-state index in [2.05, 4.69) is 5.32 Å². The van der Waals surface area contributed by atoms with Gasteiger partial charge in [0.1, 0.15) is 11.6 Å². The fraction of sp³-hybridized carbons (Fsp3) is 0.167. The molecule has 0 spiro atoms. The molecule has 0 radical (unpaired) electrons. The molecule has 1 N–H and O–H groups in total. The Kier molecular flexibility index (Phi) is 3.51. The van der Waals surface area contributed by atoms with Crippen LogP contribution in [0.5, 0.6) is 0 Å². The van der Waals surface area contributed by atoms with Crippen molar-refractivity contribution in [1.29, 1.82) is 0 Å². The molecule has 84 valence electrons. The maximum absolute atomic E-state index is 13.4. The molecule has 0 bridgehead atoms. The zero-order chi connectivity index (χ0) is 11.4. The van der Waals surface area contributed by atoms with E-state index in [-0.39, 0.29) is 5.82 Å². The van der Waals surface area contributed by atoms with Crippen LogP contribution in [0.2, 0.25) is 0 Å². The lowest BCUT2D eigenvalue weighted by molar-refractivity contribution is 0.518. The van der Waals surface area contributed by atoms with Crippen LogP contribution in [0.3, 0.4) is 0 Å². The molecular weight excluding hydrogens is 225 g/mol. The largest absolute Gasteiger partial charge is 0.467 e. The number of hydrogen-bond acceptors (Lipinski definition) is 3. The molecule has 0 aliphatic rings. The number of rotatable bonds is 4. The van der Waals surface area contributed by atoms with Gasteiger partial charge in [-0.2, -0.15) is 0 Å². The fourth-order valence-electron chi connectivity index (χ4n) is 1.38. The summed E-state index contributed by atoms with van der Waals surface area (Å²) >= 11 is 1.40. The average Bonchev–Trinajstić information content (AvgIpc) is 2.79. The van der Waals surface area contributed by atoms with E-state index >= 15 is 0 Å². The van der Waals surface area contributed by atoms with Gasteiger partial charge in [0, 0.05) is 10.6 Å². The first-order chi connectivity index (χ1) is 7.79. The number of benzene rings is 1. The smallest absolute Gasteiger partial charge is 0.138 e. The Labute approximate surface area is 97.9 Å². The molecule has 1 aromatic heterocycles. The van der Waals surface area contributed by atoms with E-state index in [1.54, 1.807) is 12.3 Å². The van der Waals surface area contributed by atoms with Crippen molar-refractivity contribution >= 4 is 17.4 Å². The van der Waals surface area contributed by atoms with E-state index in [1.165, 1.54) is 17.8 Å². The van der Waals surface area contributed by atoms with E-state index in [1.807, 2.05) is 24.5 Å². The van der Waals surface area contributed by atoms with Gasteiger partial charge in [0.2, 0.25) is 0 Å². The summed E-state index contributed by atoms with van der Waals surface area (Å²) in [4.78, 5) is 0.656. The van der Waals surface area contributed by atoms with Gasteiger partial charge in [-0.05, 0) is 36.6 Å². The Morgan fingerprint density at radius 1 is 1.38 bits per heavy atom. The molecule has 1 heterocycles. The van der Waals surface area contributed by atoms with E-state index in [4.69, 9.17) is 4.42 Å². The number of furan rings is 1. The number of hydrogen-bond donors (Lipinski definition) is 1. The molecule has 0 aliphatic heterocycles. The SMILES string of the molecule is CSc1ccc(NCc2ccco2)cc1F. The Balaban J connectivity index is 2.02. The van der Waals surface area contributed by atoms with E-state index in [0.717, 1.165) is 11.4 Å². The predicted octanol–water partition coefficient (Wildman–Crippen LogP) is 3.75. The second-order valence-corrected chi connectivity index (χ2v) is 4.13. The number of halogens is 1. The Morgan fingerprint density at radius 2 is 2.25 bits per heavy atom. The van der Waals surface area contributed by atoms with Crippen LogP contribution in [0.4, 0.5) is 10.1 Å². The zero-order valence-electron chi connectivity index (χ0n) is 8.87. The quantitative estimate of drug-likeness (QED) is 0.820. The lowest BCUT2D eigenvalue weighted by Gasteiger charge is -2.06. The molecule has 0 atom stereocenters. The third-order valence-corrected chi connectivity index (χ3v) is 2.97. The molecule has 16 heavy (non-hydrogen) atoms. The van der Waals surface area contributed by atoms with Gasteiger partial charge in [0.15, 0.2) is 0 Å². The Hall–Kier alpha value is -1.42. The molecule has 0 unspecified atom stereocenters. The van der Waals surface area contributed by atoms with E-state index < -0.39 is 0 Å². The summed E-state index contributed by atoms with van der Waals surface area (Å²) in [6, 6.07) is 8.82. The molecule has 2 rings (SSSR count). The molecule has 2 aromatic rings. The zero-order valence-corrected chi connectivity index (χ0v) is 9.68. The highest BCUT2D eigenvalue weighted by Gasteiger charge is 2.02. The van der Waals surface area contributed by atoms with Crippen molar-refractivity contribution in [1.82, 2.24) is 0 Å². The van der Waals surface area contributed by atoms with Crippen LogP contribution >= 0.6 is 11.8 Å². The van der Waals surface area contributed by atoms with Crippen molar-refractivity contribution in [3.63, 3.8) is 0 Å². The summed E-state index contributed by atoms with van der Waals surface area (Å²) in [7, 11) is 0. The van der Waals surface area contributed by atoms with E-state index in [0.29, 0.717) is 11.4 Å². The third kappa shape index (κ3) is 2.58. The second-order valence-electron chi connectivity index (χ2n) is 3.28. The summed E-state index contributed by atoms with van der Waals surface area (Å²) in [6.07, 6.45) is 3.47. The lowest BCUT2D eigenvalue weighted by Crippen LogP contribution is -1.98. The van der Waals surface area contributed by atoms with Crippen LogP contribution in [0.25, 0.3) is 0 Å². The molecule has 4 heteroatoms. The monoisotopic (exact) mass is 237 g/mol. The molecule has 0 saturated heterocycles. The van der Waals surface area contributed by atoms with Gasteiger partial charge >= 0.3 is 0 Å². The van der Waals surface area contributed by atoms with Crippen molar-refractivity contribution in [2.45, 2.75) is 11.4 Å². The lowest BCUT2D eigenvalue weighted by atomic mass is 10.3. The fourth-order valence-corrected chi connectivity index (χ4v) is 1.84. The molecule has 1 aromatic carbocycles. The average molecular weight is 237 g/mol. The van der Waals surface area contributed by atoms with Crippen LogP contribution in [-0.4, -0.2) is 6.26 Å². The molecular formula is C12H12FNOS. The Morgan fingerprint density at radius 3 is 2.88 bits per heavy atom. The van der Waals surface area contributed by atoms with Crippen LogP contribution in [-0.2, 0) is 6.54 Å². The first-order valence-corrected chi connectivity index (χ1v) is 6.12. The topological polar surface area (TPSA) is 25.2 Å². The third-order valence-electron chi connectivity index (χ3n) is 2.20. The van der Waals surface area contributed by atoms with Gasteiger partial charge in [0.05, 0.1) is 12.8 Å². The summed E-state index contributed by atoms with van der Waals surface area (Å²) in [6.45, 7) is 0.561. The van der Waals surface area contributed by atoms with Crippen molar-refractivity contribution in [3.05, 3.63) is 48.2 Å². The van der Waals surface area contributed by atoms with E-state index in [9.17, 15) is 4.39 Å². The normalized spacial score (nSPS) is 10.4. The van der Waals surface area contributed by atoms with Crippen molar-refractivity contribution in [2.24, 2.45) is 0 Å². The minimum absolute atomic E-state index is 0.197. The maximum Gasteiger partial charge on any atom is 0.138 e. The Bertz CT molecular complexity index is 456. The number of anilines is 1. The minimum Gasteiger partial charge on any atom is -0.467 e. The first kappa shape index (κ1) is 11.1. The van der Waals surface area contributed by atoms with Crippen LogP contribution in [0.1, 0.15) is 5.76 Å². The number of thioether (sulfide) groups is 1. The van der Waals surface area contributed by atoms with Crippen LogP contribution in [0.15, 0.2) is 45.9 Å². The van der Waals surface area contributed by atoms with Crippen LogP contribution in [0, 0.1) is 5.82 Å². The molecule has 0 saturated carbocycles. The van der Waals surface area contributed by atoms with Crippen molar-refractivity contribution in [3.8, 4) is 0 Å². The summed E-state index contributed by atoms with van der Waals surface area (Å²) in [5.74, 6) is 0.631. The number of nitrogens with one attached hydrogen (secondary N) is 1. The van der Waals surface area contributed by atoms with Gasteiger partial charge in [-0.25, -0.2) is 4.39 Å². The second kappa shape index (κ2) is 5.07. The van der Waals surface area contributed by atoms with Crippen molar-refractivity contribution in [2.75, 3.05) is 11.6 Å². The van der Waals surface area contributed by atoms with Gasteiger partial charge in [0.25, 0.3) is 0 Å². The molecule has 0 aliphatic carbocycles. The van der Waals surface area contributed by atoms with Gasteiger partial charge < -0.3 is 9.73 Å². The standard InChI is InChI=1S/C12H12FNOS/c1-16-12-5-4-9(7-11(12)13)14-8-10-3-2-6-15-10/h2-7,14H,8H2,1H3. The highest BCUT2D eigenvalue weighted by molar-refractivity contribution is 7.98. The van der Waals surface area contributed by atoms with Gasteiger partial charge in [-0.1, -0.05) is 0 Å². The predicted molar refractivity (Wildman–Crippen MR) is 64.2 cm³/mol.